The third-order valence-electron chi connectivity index (χ3n) is 3.05. The van der Waals surface area contributed by atoms with Crippen molar-refractivity contribution >= 4 is 50.8 Å². The Morgan fingerprint density at radius 3 is 2.52 bits per heavy atom. The summed E-state index contributed by atoms with van der Waals surface area (Å²) >= 11 is 8.41. The second-order valence-corrected chi connectivity index (χ2v) is 6.08. The number of hydrogen-bond donors (Lipinski definition) is 3. The van der Waals surface area contributed by atoms with Crippen LogP contribution in [0.2, 0.25) is 0 Å². The highest BCUT2D eigenvalue weighted by Crippen LogP contribution is 2.17. The Labute approximate surface area is 146 Å². The van der Waals surface area contributed by atoms with Gasteiger partial charge in [0, 0.05) is 15.7 Å². The molecule has 7 heteroatoms. The summed E-state index contributed by atoms with van der Waals surface area (Å²) in [6.07, 6.45) is 0. The molecule has 3 N–H and O–H groups in total. The van der Waals surface area contributed by atoms with Crippen LogP contribution in [0.4, 0.5) is 5.69 Å². The maximum Gasteiger partial charge on any atom is 0.335 e. The molecule has 0 aliphatic carbocycles. The summed E-state index contributed by atoms with van der Waals surface area (Å²) in [5, 5.41) is 14.5. The monoisotopic (exact) mass is 392 g/mol. The topological polar surface area (TPSA) is 78.4 Å². The number of hydrogen-bond acceptors (Lipinski definition) is 3. The smallest absolute Gasteiger partial charge is 0.335 e. The molecule has 2 aromatic rings. The zero-order valence-electron chi connectivity index (χ0n) is 12.1. The maximum absolute atomic E-state index is 12.1. The van der Waals surface area contributed by atoms with Crippen molar-refractivity contribution in [3.63, 3.8) is 0 Å². The molecule has 0 fully saturated rings. The van der Waals surface area contributed by atoms with Crippen molar-refractivity contribution in [1.82, 2.24) is 5.32 Å². The summed E-state index contributed by atoms with van der Waals surface area (Å²) in [5.74, 6) is -1.38. The molecule has 1 amide bonds. The average molecular weight is 393 g/mol. The van der Waals surface area contributed by atoms with E-state index in [1.54, 1.807) is 24.3 Å². The minimum absolute atomic E-state index is 0.0978. The number of carboxylic acid groups (broad SMARTS) is 1. The number of aromatic carboxylic acids is 1. The zero-order chi connectivity index (χ0) is 17.0. The SMILES string of the molecule is Cc1ccc(C(=O)O)cc1NC(=S)NC(=O)c1cccc(Br)c1. The highest BCUT2D eigenvalue weighted by atomic mass is 79.9. The summed E-state index contributed by atoms with van der Waals surface area (Å²) < 4.78 is 0.786. The van der Waals surface area contributed by atoms with Gasteiger partial charge >= 0.3 is 5.97 Å². The van der Waals surface area contributed by atoms with E-state index in [2.05, 4.69) is 26.6 Å². The van der Waals surface area contributed by atoms with Crippen LogP contribution in [0.25, 0.3) is 0 Å². The second-order valence-electron chi connectivity index (χ2n) is 4.75. The highest BCUT2D eigenvalue weighted by Gasteiger charge is 2.11. The Hall–Kier alpha value is -2.25. The molecule has 23 heavy (non-hydrogen) atoms. The molecule has 2 rings (SSSR count). The van der Waals surface area contributed by atoms with Gasteiger partial charge in [-0.25, -0.2) is 4.79 Å². The molecule has 5 nitrogen and oxygen atoms in total. The summed E-state index contributed by atoms with van der Waals surface area (Å²) in [6.45, 7) is 1.81. The summed E-state index contributed by atoms with van der Waals surface area (Å²) in [7, 11) is 0. The molecule has 0 unspecified atom stereocenters. The Morgan fingerprint density at radius 1 is 1.13 bits per heavy atom. The van der Waals surface area contributed by atoms with Crippen LogP contribution in [-0.2, 0) is 0 Å². The molecule has 0 atom stereocenters. The minimum Gasteiger partial charge on any atom is -0.478 e. The Balaban J connectivity index is 2.09. The first-order valence-corrected chi connectivity index (χ1v) is 7.79. The molecule has 2 aromatic carbocycles. The van der Waals surface area contributed by atoms with Crippen LogP contribution in [0.15, 0.2) is 46.9 Å². The molecule has 0 radical (unpaired) electrons. The first kappa shape index (κ1) is 17.1. The van der Waals surface area contributed by atoms with Gasteiger partial charge in [-0.15, -0.1) is 0 Å². The Bertz CT molecular complexity index is 793. The minimum atomic E-state index is -1.03. The molecule has 0 saturated carbocycles. The molecule has 0 spiro atoms. The van der Waals surface area contributed by atoms with Gasteiger partial charge in [-0.2, -0.15) is 0 Å². The van der Waals surface area contributed by atoms with Gasteiger partial charge < -0.3 is 10.4 Å². The number of carboxylic acids is 1. The fraction of sp³-hybridized carbons (Fsp3) is 0.0625. The van der Waals surface area contributed by atoms with Crippen LogP contribution in [0, 0.1) is 6.92 Å². The van der Waals surface area contributed by atoms with Crippen LogP contribution in [0.5, 0.6) is 0 Å². The van der Waals surface area contributed by atoms with Gasteiger partial charge in [0.1, 0.15) is 0 Å². The normalized spacial score (nSPS) is 10.0. The molecular weight excluding hydrogens is 380 g/mol. The largest absolute Gasteiger partial charge is 0.478 e. The third-order valence-corrected chi connectivity index (χ3v) is 3.74. The third kappa shape index (κ3) is 4.61. The van der Waals surface area contributed by atoms with E-state index in [9.17, 15) is 9.59 Å². The number of rotatable bonds is 3. The number of halogens is 1. The summed E-state index contributed by atoms with van der Waals surface area (Å²) in [5.41, 5.74) is 1.94. The van der Waals surface area contributed by atoms with E-state index in [1.807, 2.05) is 13.0 Å². The number of nitrogens with one attached hydrogen (secondary N) is 2. The predicted molar refractivity (Wildman–Crippen MR) is 96.0 cm³/mol. The standard InChI is InChI=1S/C16H13BrN2O3S/c1-9-5-6-11(15(21)22)8-13(9)18-16(23)19-14(20)10-3-2-4-12(17)7-10/h2-8H,1H3,(H,21,22)(H2,18,19,20,23). The van der Waals surface area contributed by atoms with E-state index >= 15 is 0 Å². The van der Waals surface area contributed by atoms with Gasteiger partial charge in [0.05, 0.1) is 5.56 Å². The van der Waals surface area contributed by atoms with E-state index in [4.69, 9.17) is 17.3 Å². The lowest BCUT2D eigenvalue weighted by Crippen LogP contribution is -2.34. The van der Waals surface area contributed by atoms with Gasteiger partial charge in [0.25, 0.3) is 5.91 Å². The van der Waals surface area contributed by atoms with Crippen molar-refractivity contribution in [2.75, 3.05) is 5.32 Å². The second kappa shape index (κ2) is 7.34. The van der Waals surface area contributed by atoms with E-state index in [0.717, 1.165) is 10.0 Å². The lowest BCUT2D eigenvalue weighted by atomic mass is 10.1. The molecule has 118 valence electrons. The van der Waals surface area contributed by atoms with E-state index < -0.39 is 5.97 Å². The van der Waals surface area contributed by atoms with E-state index in [1.165, 1.54) is 12.1 Å². The van der Waals surface area contributed by atoms with Crippen molar-refractivity contribution < 1.29 is 14.7 Å². The first-order chi connectivity index (χ1) is 10.9. The Kier molecular flexibility index (Phi) is 5.46. The lowest BCUT2D eigenvalue weighted by molar-refractivity contribution is 0.0696. The molecule has 0 heterocycles. The number of carbonyl (C=O) groups excluding carboxylic acids is 1. The molecule has 0 aliphatic heterocycles. The van der Waals surface area contributed by atoms with Gasteiger partial charge in [0.2, 0.25) is 0 Å². The average Bonchev–Trinajstić information content (AvgIpc) is 2.49. The quantitative estimate of drug-likeness (QED) is 0.695. The molecule has 0 aromatic heterocycles. The van der Waals surface area contributed by atoms with Crippen LogP contribution >= 0.6 is 28.1 Å². The number of carbonyl (C=O) groups is 2. The van der Waals surface area contributed by atoms with E-state index in [0.29, 0.717) is 11.3 Å². The Morgan fingerprint density at radius 2 is 1.87 bits per heavy atom. The highest BCUT2D eigenvalue weighted by molar-refractivity contribution is 9.10. The first-order valence-electron chi connectivity index (χ1n) is 6.58. The van der Waals surface area contributed by atoms with Gasteiger partial charge in [-0.3, -0.25) is 10.1 Å². The van der Waals surface area contributed by atoms with Crippen molar-refractivity contribution in [1.29, 1.82) is 0 Å². The molecule has 0 aliphatic rings. The summed E-state index contributed by atoms with van der Waals surface area (Å²) in [6, 6.07) is 11.5. The molecule has 0 bridgehead atoms. The van der Waals surface area contributed by atoms with Crippen molar-refractivity contribution in [3.8, 4) is 0 Å². The van der Waals surface area contributed by atoms with Crippen LogP contribution in [-0.4, -0.2) is 22.1 Å². The number of benzene rings is 2. The maximum atomic E-state index is 12.1. The zero-order valence-corrected chi connectivity index (χ0v) is 14.5. The van der Waals surface area contributed by atoms with Crippen molar-refractivity contribution in [3.05, 3.63) is 63.6 Å². The fourth-order valence-corrected chi connectivity index (χ4v) is 2.45. The van der Waals surface area contributed by atoms with Gasteiger partial charge in [-0.05, 0) is 55.0 Å². The summed E-state index contributed by atoms with van der Waals surface area (Å²) in [4.78, 5) is 23.1. The number of amides is 1. The number of thiocarbonyl (C=S) groups is 1. The van der Waals surface area contributed by atoms with Crippen molar-refractivity contribution in [2.24, 2.45) is 0 Å². The number of anilines is 1. The predicted octanol–water partition coefficient (Wildman–Crippen LogP) is 3.58. The van der Waals surface area contributed by atoms with Gasteiger partial charge in [0.15, 0.2) is 5.11 Å². The van der Waals surface area contributed by atoms with Crippen molar-refractivity contribution in [2.45, 2.75) is 6.92 Å². The fourth-order valence-electron chi connectivity index (χ4n) is 1.85. The molecular formula is C16H13BrN2O3S. The van der Waals surface area contributed by atoms with Gasteiger partial charge in [-0.1, -0.05) is 28.1 Å². The number of aryl methyl sites for hydroxylation is 1. The van der Waals surface area contributed by atoms with Crippen LogP contribution < -0.4 is 10.6 Å². The van der Waals surface area contributed by atoms with Crippen LogP contribution in [0.1, 0.15) is 26.3 Å². The van der Waals surface area contributed by atoms with Crippen LogP contribution in [0.3, 0.4) is 0 Å². The molecule has 0 saturated heterocycles. The lowest BCUT2D eigenvalue weighted by Gasteiger charge is -2.12. The van der Waals surface area contributed by atoms with E-state index in [-0.39, 0.29) is 16.6 Å².